The van der Waals surface area contributed by atoms with Crippen molar-refractivity contribution in [2.75, 3.05) is 0 Å². The molecule has 11 heavy (non-hydrogen) atoms. The van der Waals surface area contributed by atoms with E-state index in [2.05, 4.69) is 38.8 Å². The fraction of sp³-hybridized carbons (Fsp3) is 0.700. The molecule has 0 fully saturated rings. The van der Waals surface area contributed by atoms with Crippen LogP contribution in [0.3, 0.4) is 0 Å². The van der Waals surface area contributed by atoms with Gasteiger partial charge in [-0.15, -0.1) is 0 Å². The molecule has 0 aliphatic carbocycles. The van der Waals surface area contributed by atoms with Crippen LogP contribution in [-0.4, -0.2) is 5.71 Å². The van der Waals surface area contributed by atoms with E-state index in [4.69, 9.17) is 0 Å². The first-order valence-electron chi connectivity index (χ1n) is 4.41. The highest BCUT2D eigenvalue weighted by Gasteiger charge is 1.99. The summed E-state index contributed by atoms with van der Waals surface area (Å²) in [6.45, 7) is 8.60. The molecule has 0 aromatic carbocycles. The third kappa shape index (κ3) is 4.77. The van der Waals surface area contributed by atoms with Crippen molar-refractivity contribution in [3.05, 3.63) is 12.3 Å². The van der Waals surface area contributed by atoms with E-state index in [1.807, 2.05) is 6.20 Å². The number of hydrogen-bond donors (Lipinski definition) is 0. The van der Waals surface area contributed by atoms with E-state index in [1.165, 1.54) is 12.1 Å². The first-order valence-corrected chi connectivity index (χ1v) is 4.41. The van der Waals surface area contributed by atoms with Crippen molar-refractivity contribution in [3.8, 4) is 0 Å². The van der Waals surface area contributed by atoms with E-state index in [0.717, 1.165) is 6.42 Å². The van der Waals surface area contributed by atoms with E-state index >= 15 is 0 Å². The summed E-state index contributed by atoms with van der Waals surface area (Å²) in [7, 11) is 0. The third-order valence-corrected chi connectivity index (χ3v) is 1.94. The van der Waals surface area contributed by atoms with Crippen LogP contribution in [-0.2, 0) is 0 Å². The minimum Gasteiger partial charge on any atom is -0.266 e. The Kier molecular flexibility index (Phi) is 5.81. The van der Waals surface area contributed by atoms with Gasteiger partial charge in [-0.25, -0.2) is 0 Å². The average Bonchev–Trinajstić information content (AvgIpc) is 2.03. The van der Waals surface area contributed by atoms with Crippen molar-refractivity contribution in [3.63, 3.8) is 0 Å². The molecule has 64 valence electrons. The number of allylic oxidation sites excluding steroid dienone is 1. The molecule has 0 rings (SSSR count). The van der Waals surface area contributed by atoms with Crippen molar-refractivity contribution in [1.29, 1.82) is 0 Å². The zero-order valence-corrected chi connectivity index (χ0v) is 8.09. The Morgan fingerprint density at radius 3 is 2.55 bits per heavy atom. The van der Waals surface area contributed by atoms with Gasteiger partial charge in [-0.2, -0.15) is 0 Å². The molecule has 0 aliphatic heterocycles. The van der Waals surface area contributed by atoms with Gasteiger partial charge in [-0.05, 0) is 25.7 Å². The third-order valence-electron chi connectivity index (χ3n) is 1.94. The zero-order chi connectivity index (χ0) is 8.69. The number of hydrogen-bond acceptors (Lipinski definition) is 1. The highest BCUT2D eigenvalue weighted by molar-refractivity contribution is 5.84. The van der Waals surface area contributed by atoms with Gasteiger partial charge in [-0.1, -0.05) is 26.8 Å². The fourth-order valence-electron chi connectivity index (χ4n) is 0.698. The van der Waals surface area contributed by atoms with Crippen LogP contribution in [0.4, 0.5) is 0 Å². The highest BCUT2D eigenvalue weighted by Crippen LogP contribution is 2.03. The quantitative estimate of drug-likeness (QED) is 0.549. The lowest BCUT2D eigenvalue weighted by atomic mass is 10.0. The largest absolute Gasteiger partial charge is 0.266 e. The van der Waals surface area contributed by atoms with Crippen LogP contribution < -0.4 is 0 Å². The van der Waals surface area contributed by atoms with Gasteiger partial charge in [-0.3, -0.25) is 4.99 Å². The molecule has 0 radical (unpaired) electrons. The van der Waals surface area contributed by atoms with Crippen LogP contribution in [0.5, 0.6) is 0 Å². The Hall–Kier alpha value is -0.590. The molecule has 0 bridgehead atoms. The van der Waals surface area contributed by atoms with Crippen molar-refractivity contribution in [1.82, 2.24) is 0 Å². The smallest absolute Gasteiger partial charge is 0.0227 e. The summed E-state index contributed by atoms with van der Waals surface area (Å²) in [6.07, 6.45) is 6.22. The standard InChI is InChI=1S/C10H19N/c1-5-7-8-11-10(4)9(3)6-2/h7-9H,5-6H2,1-4H3/b8-7-,11-10-. The minimum absolute atomic E-state index is 0.622. The second-order valence-corrected chi connectivity index (χ2v) is 2.87. The maximum absolute atomic E-state index is 4.32. The molecule has 1 nitrogen and oxygen atoms in total. The van der Waals surface area contributed by atoms with Gasteiger partial charge in [0.25, 0.3) is 0 Å². The lowest BCUT2D eigenvalue weighted by Gasteiger charge is -2.05. The Bertz CT molecular complexity index is 145. The molecule has 0 aliphatic rings. The Balaban J connectivity index is 3.89. The van der Waals surface area contributed by atoms with E-state index in [9.17, 15) is 0 Å². The number of aliphatic imine (C=N–C) groups is 1. The predicted molar refractivity (Wildman–Crippen MR) is 52.0 cm³/mol. The summed E-state index contributed by atoms with van der Waals surface area (Å²) in [4.78, 5) is 4.32. The van der Waals surface area contributed by atoms with Crippen LogP contribution in [0.25, 0.3) is 0 Å². The normalized spacial score (nSPS) is 15.8. The monoisotopic (exact) mass is 153 g/mol. The van der Waals surface area contributed by atoms with Crippen LogP contribution in [0.15, 0.2) is 17.3 Å². The van der Waals surface area contributed by atoms with Gasteiger partial charge in [0.2, 0.25) is 0 Å². The van der Waals surface area contributed by atoms with E-state index < -0.39 is 0 Å². The summed E-state index contributed by atoms with van der Waals surface area (Å²) in [5.41, 5.74) is 1.23. The molecular weight excluding hydrogens is 134 g/mol. The molecule has 0 aromatic heterocycles. The van der Waals surface area contributed by atoms with Gasteiger partial charge >= 0.3 is 0 Å². The van der Waals surface area contributed by atoms with Crippen LogP contribution in [0, 0.1) is 5.92 Å². The average molecular weight is 153 g/mol. The lowest BCUT2D eigenvalue weighted by Crippen LogP contribution is -2.04. The summed E-state index contributed by atoms with van der Waals surface area (Å²) in [6, 6.07) is 0. The summed E-state index contributed by atoms with van der Waals surface area (Å²) in [5.74, 6) is 0.622. The van der Waals surface area contributed by atoms with E-state index in [-0.39, 0.29) is 0 Å². The lowest BCUT2D eigenvalue weighted by molar-refractivity contribution is 0.736. The second kappa shape index (κ2) is 6.14. The zero-order valence-electron chi connectivity index (χ0n) is 8.09. The first-order chi connectivity index (χ1) is 5.22. The number of nitrogens with zero attached hydrogens (tertiary/aromatic N) is 1. The van der Waals surface area contributed by atoms with Gasteiger partial charge in [0.1, 0.15) is 0 Å². The SMILES string of the molecule is CC/C=C\N=C(\C)C(C)CC. The Morgan fingerprint density at radius 1 is 1.45 bits per heavy atom. The van der Waals surface area contributed by atoms with Gasteiger partial charge in [0.05, 0.1) is 0 Å². The van der Waals surface area contributed by atoms with Crippen LogP contribution >= 0.6 is 0 Å². The molecule has 1 atom stereocenters. The maximum atomic E-state index is 4.32. The van der Waals surface area contributed by atoms with Gasteiger partial charge in [0.15, 0.2) is 0 Å². The maximum Gasteiger partial charge on any atom is 0.0227 e. The topological polar surface area (TPSA) is 12.4 Å². The molecule has 0 aromatic rings. The predicted octanol–water partition coefficient (Wildman–Crippen LogP) is 3.42. The van der Waals surface area contributed by atoms with E-state index in [1.54, 1.807) is 0 Å². The molecule has 0 saturated carbocycles. The second-order valence-electron chi connectivity index (χ2n) is 2.87. The molecule has 0 amide bonds. The number of rotatable bonds is 4. The molecule has 1 unspecified atom stereocenters. The first kappa shape index (κ1) is 10.4. The molecule has 0 spiro atoms. The Labute approximate surface area is 70.2 Å². The van der Waals surface area contributed by atoms with E-state index in [0.29, 0.717) is 5.92 Å². The summed E-state index contributed by atoms with van der Waals surface area (Å²) < 4.78 is 0. The fourth-order valence-corrected chi connectivity index (χ4v) is 0.698. The molecule has 0 N–H and O–H groups in total. The molecule has 1 heteroatoms. The van der Waals surface area contributed by atoms with Gasteiger partial charge < -0.3 is 0 Å². The molecule has 0 heterocycles. The minimum atomic E-state index is 0.622. The summed E-state index contributed by atoms with van der Waals surface area (Å²) in [5, 5.41) is 0. The molecule has 0 saturated heterocycles. The van der Waals surface area contributed by atoms with Crippen molar-refractivity contribution >= 4 is 5.71 Å². The van der Waals surface area contributed by atoms with Gasteiger partial charge in [0, 0.05) is 11.9 Å². The van der Waals surface area contributed by atoms with Crippen molar-refractivity contribution < 1.29 is 0 Å². The Morgan fingerprint density at radius 2 is 2.09 bits per heavy atom. The summed E-state index contributed by atoms with van der Waals surface area (Å²) >= 11 is 0. The highest BCUT2D eigenvalue weighted by atomic mass is 14.7. The van der Waals surface area contributed by atoms with Crippen molar-refractivity contribution in [2.24, 2.45) is 10.9 Å². The molecular formula is C10H19N. The van der Waals surface area contributed by atoms with Crippen LogP contribution in [0.2, 0.25) is 0 Å². The van der Waals surface area contributed by atoms with Crippen LogP contribution in [0.1, 0.15) is 40.5 Å². The van der Waals surface area contributed by atoms with Crippen molar-refractivity contribution in [2.45, 2.75) is 40.5 Å².